The van der Waals surface area contributed by atoms with E-state index in [0.29, 0.717) is 17.4 Å². The summed E-state index contributed by atoms with van der Waals surface area (Å²) >= 11 is 4.82. The first-order chi connectivity index (χ1) is 8.58. The van der Waals surface area contributed by atoms with Gasteiger partial charge in [-0.05, 0) is 19.1 Å². The van der Waals surface area contributed by atoms with Gasteiger partial charge in [0, 0.05) is 5.69 Å². The molecule has 0 aliphatic rings. The van der Waals surface area contributed by atoms with Gasteiger partial charge in [-0.15, -0.1) is 0 Å². The zero-order chi connectivity index (χ0) is 13.1. The molecule has 0 unspecified atom stereocenters. The van der Waals surface area contributed by atoms with Crippen LogP contribution in [0.1, 0.15) is 17.3 Å². The predicted molar refractivity (Wildman–Crippen MR) is 68.6 cm³/mol. The molecule has 2 rings (SSSR count). The van der Waals surface area contributed by atoms with E-state index in [0.717, 1.165) is 0 Å². The first-order valence-corrected chi connectivity index (χ1v) is 5.60. The molecule has 0 radical (unpaired) electrons. The van der Waals surface area contributed by atoms with E-state index in [2.05, 4.69) is 15.5 Å². The molecule has 3 N–H and O–H groups in total. The van der Waals surface area contributed by atoms with Crippen LogP contribution in [-0.4, -0.2) is 15.1 Å². The Kier molecular flexibility index (Phi) is 3.52. The summed E-state index contributed by atoms with van der Waals surface area (Å²) < 4.78 is 18.5. The maximum Gasteiger partial charge on any atom is 0.245 e. The fourth-order valence-electron chi connectivity index (χ4n) is 1.50. The molecule has 18 heavy (non-hydrogen) atoms. The van der Waals surface area contributed by atoms with Crippen molar-refractivity contribution in [1.82, 2.24) is 10.1 Å². The summed E-state index contributed by atoms with van der Waals surface area (Å²) in [7, 11) is 0. The minimum absolute atomic E-state index is 0.00249. The molecule has 5 nitrogen and oxygen atoms in total. The average Bonchev–Trinajstić information content (AvgIpc) is 2.72. The van der Waals surface area contributed by atoms with Crippen molar-refractivity contribution in [2.24, 2.45) is 5.73 Å². The Hall–Kier alpha value is -2.02. The fourth-order valence-corrected chi connectivity index (χ4v) is 1.71. The molecule has 1 aromatic carbocycles. The Morgan fingerprint density at radius 1 is 1.56 bits per heavy atom. The Morgan fingerprint density at radius 2 is 2.33 bits per heavy atom. The molecule has 7 heteroatoms. The van der Waals surface area contributed by atoms with Gasteiger partial charge in [0.1, 0.15) is 10.8 Å². The molecular formula is C11H11FN4OS. The van der Waals surface area contributed by atoms with E-state index < -0.39 is 5.82 Å². The van der Waals surface area contributed by atoms with Crippen LogP contribution in [0, 0.1) is 12.7 Å². The molecule has 0 spiro atoms. The largest absolute Gasteiger partial charge is 0.389 e. The Morgan fingerprint density at radius 3 is 2.94 bits per heavy atom. The lowest BCUT2D eigenvalue weighted by Gasteiger charge is -2.10. The molecule has 1 heterocycles. The van der Waals surface area contributed by atoms with Crippen LogP contribution in [0.3, 0.4) is 0 Å². The van der Waals surface area contributed by atoms with Crippen LogP contribution in [0.25, 0.3) is 0 Å². The topological polar surface area (TPSA) is 77.0 Å². The van der Waals surface area contributed by atoms with Gasteiger partial charge in [0.15, 0.2) is 5.82 Å². The minimum Gasteiger partial charge on any atom is -0.389 e. The monoisotopic (exact) mass is 266 g/mol. The molecule has 0 atom stereocenters. The number of thiocarbonyl (C=S) groups is 1. The number of nitrogens with two attached hydrogens (primary N) is 1. The molecular weight excluding hydrogens is 255 g/mol. The van der Waals surface area contributed by atoms with Crippen LogP contribution in [0.5, 0.6) is 0 Å². The maximum absolute atomic E-state index is 13.6. The van der Waals surface area contributed by atoms with Gasteiger partial charge in [0.05, 0.1) is 12.1 Å². The van der Waals surface area contributed by atoms with Crippen molar-refractivity contribution in [3.05, 3.63) is 41.3 Å². The summed E-state index contributed by atoms with van der Waals surface area (Å²) in [6.45, 7) is 2.00. The van der Waals surface area contributed by atoms with E-state index in [1.165, 1.54) is 6.07 Å². The van der Waals surface area contributed by atoms with Crippen LogP contribution >= 0.6 is 12.2 Å². The molecule has 0 amide bonds. The lowest BCUT2D eigenvalue weighted by Crippen LogP contribution is -2.15. The van der Waals surface area contributed by atoms with Gasteiger partial charge in [-0.1, -0.05) is 23.4 Å². The van der Waals surface area contributed by atoms with Crippen LogP contribution < -0.4 is 11.1 Å². The molecule has 0 saturated heterocycles. The summed E-state index contributed by atoms with van der Waals surface area (Å²) in [5, 5.41) is 6.61. The Bertz CT molecular complexity index is 584. The van der Waals surface area contributed by atoms with E-state index in [4.69, 9.17) is 22.5 Å². The van der Waals surface area contributed by atoms with Gasteiger partial charge < -0.3 is 15.6 Å². The smallest absolute Gasteiger partial charge is 0.245 e. The second-order valence-corrected chi connectivity index (χ2v) is 4.06. The number of halogens is 1. The van der Waals surface area contributed by atoms with Gasteiger partial charge in [-0.3, -0.25) is 0 Å². The average molecular weight is 266 g/mol. The van der Waals surface area contributed by atoms with E-state index in [1.807, 2.05) is 0 Å². The van der Waals surface area contributed by atoms with Crippen molar-refractivity contribution in [2.75, 3.05) is 5.32 Å². The van der Waals surface area contributed by atoms with E-state index >= 15 is 0 Å². The standard InChI is InChI=1S/C11H11FN4OS/c1-6-15-9(17-16-6)5-14-8-4-2-3-7(12)10(8)11(13)18/h2-4,14H,5H2,1H3,(H2,13,18). The first kappa shape index (κ1) is 12.4. The zero-order valence-electron chi connectivity index (χ0n) is 9.61. The van der Waals surface area contributed by atoms with Gasteiger partial charge in [0.2, 0.25) is 5.89 Å². The third-order valence-corrected chi connectivity index (χ3v) is 2.46. The van der Waals surface area contributed by atoms with E-state index in [1.54, 1.807) is 19.1 Å². The number of nitrogens with one attached hydrogen (secondary N) is 1. The highest BCUT2D eigenvalue weighted by Crippen LogP contribution is 2.19. The van der Waals surface area contributed by atoms with E-state index in [9.17, 15) is 4.39 Å². The van der Waals surface area contributed by atoms with Crippen LogP contribution in [-0.2, 0) is 6.54 Å². The highest BCUT2D eigenvalue weighted by atomic mass is 32.1. The predicted octanol–water partition coefficient (Wildman–Crippen LogP) is 1.76. The number of hydrogen-bond donors (Lipinski definition) is 2. The Balaban J connectivity index is 2.19. The number of aromatic nitrogens is 2. The lowest BCUT2D eigenvalue weighted by atomic mass is 10.1. The highest BCUT2D eigenvalue weighted by molar-refractivity contribution is 7.80. The molecule has 0 bridgehead atoms. The minimum atomic E-state index is -0.464. The van der Waals surface area contributed by atoms with Crippen molar-refractivity contribution >= 4 is 22.9 Å². The van der Waals surface area contributed by atoms with Crippen molar-refractivity contribution in [1.29, 1.82) is 0 Å². The summed E-state index contributed by atoms with van der Waals surface area (Å²) in [4.78, 5) is 4.02. The maximum atomic E-state index is 13.6. The molecule has 1 aromatic heterocycles. The number of anilines is 1. The molecule has 0 aliphatic carbocycles. The number of nitrogens with zero attached hydrogens (tertiary/aromatic N) is 2. The van der Waals surface area contributed by atoms with Crippen molar-refractivity contribution in [3.63, 3.8) is 0 Å². The molecule has 0 fully saturated rings. The number of aryl methyl sites for hydroxylation is 1. The number of benzene rings is 1. The van der Waals surface area contributed by atoms with Crippen molar-refractivity contribution in [2.45, 2.75) is 13.5 Å². The van der Waals surface area contributed by atoms with Crippen LogP contribution in [0.2, 0.25) is 0 Å². The van der Waals surface area contributed by atoms with Crippen molar-refractivity contribution < 1.29 is 8.91 Å². The van der Waals surface area contributed by atoms with Gasteiger partial charge in [-0.2, -0.15) is 4.98 Å². The van der Waals surface area contributed by atoms with E-state index in [-0.39, 0.29) is 17.1 Å². The lowest BCUT2D eigenvalue weighted by molar-refractivity contribution is 0.379. The summed E-state index contributed by atoms with van der Waals surface area (Å²) in [6, 6.07) is 4.55. The quantitative estimate of drug-likeness (QED) is 0.821. The SMILES string of the molecule is Cc1noc(CNc2cccc(F)c2C(N)=S)n1. The summed E-state index contributed by atoms with van der Waals surface area (Å²) in [6.07, 6.45) is 0. The molecule has 94 valence electrons. The van der Waals surface area contributed by atoms with Gasteiger partial charge in [-0.25, -0.2) is 4.39 Å². The zero-order valence-corrected chi connectivity index (χ0v) is 10.4. The second-order valence-electron chi connectivity index (χ2n) is 3.62. The highest BCUT2D eigenvalue weighted by Gasteiger charge is 2.11. The molecule has 0 saturated carbocycles. The second kappa shape index (κ2) is 5.09. The third-order valence-electron chi connectivity index (χ3n) is 2.26. The first-order valence-electron chi connectivity index (χ1n) is 5.19. The third kappa shape index (κ3) is 2.62. The van der Waals surface area contributed by atoms with Crippen LogP contribution in [0.15, 0.2) is 22.7 Å². The van der Waals surface area contributed by atoms with Crippen molar-refractivity contribution in [3.8, 4) is 0 Å². The fraction of sp³-hybridized carbons (Fsp3) is 0.182. The normalized spacial score (nSPS) is 10.3. The summed E-state index contributed by atoms with van der Waals surface area (Å²) in [5.74, 6) is 0.487. The number of hydrogen-bond acceptors (Lipinski definition) is 5. The van der Waals surface area contributed by atoms with Gasteiger partial charge >= 0.3 is 0 Å². The Labute approximate surface area is 108 Å². The van der Waals surface area contributed by atoms with Gasteiger partial charge in [0.25, 0.3) is 0 Å². The molecule has 0 aliphatic heterocycles. The number of rotatable bonds is 4. The summed E-state index contributed by atoms with van der Waals surface area (Å²) in [5.41, 5.74) is 6.17. The molecule has 2 aromatic rings. The van der Waals surface area contributed by atoms with Crippen LogP contribution in [0.4, 0.5) is 10.1 Å².